The number of guanidine groups is 1. The lowest BCUT2D eigenvalue weighted by Crippen LogP contribution is -2.50. The van der Waals surface area contributed by atoms with Crippen LogP contribution in [0.5, 0.6) is 5.88 Å². The predicted octanol–water partition coefficient (Wildman–Crippen LogP) is 0.855. The molecule has 0 radical (unpaired) electrons. The number of pyridine rings is 1. The van der Waals surface area contributed by atoms with Crippen LogP contribution in [0, 0.1) is 0 Å². The summed E-state index contributed by atoms with van der Waals surface area (Å²) in [5, 5.41) is 9.06. The standard InChI is InChI=1S/C18H27F3N6O2/c1-22-15(28)12-27-8-5-14(6-9-27)26-17(23-2)24-7-10-29-16-4-3-13(11-25-16)18(19,20)21/h3-4,11,14H,5-10,12H2,1-2H3,(H,22,28)(H2,23,24,26). The molecule has 11 heteroatoms. The Balaban J connectivity index is 1.66. The molecule has 0 aliphatic carbocycles. The molecule has 2 rings (SSSR count). The second kappa shape index (κ2) is 10.8. The van der Waals surface area contributed by atoms with E-state index >= 15 is 0 Å². The van der Waals surface area contributed by atoms with Crippen LogP contribution in [-0.2, 0) is 11.0 Å². The number of carbonyl (C=O) groups is 1. The predicted molar refractivity (Wildman–Crippen MR) is 103 cm³/mol. The first-order valence-corrected chi connectivity index (χ1v) is 9.38. The number of nitrogens with zero attached hydrogens (tertiary/aromatic N) is 3. The molecular formula is C18H27F3N6O2. The van der Waals surface area contributed by atoms with Gasteiger partial charge < -0.3 is 20.7 Å². The minimum atomic E-state index is -4.41. The third kappa shape index (κ3) is 7.76. The maximum absolute atomic E-state index is 12.5. The van der Waals surface area contributed by atoms with Crippen molar-refractivity contribution in [2.45, 2.75) is 25.1 Å². The number of amides is 1. The van der Waals surface area contributed by atoms with E-state index in [2.05, 4.69) is 30.8 Å². The molecule has 3 N–H and O–H groups in total. The van der Waals surface area contributed by atoms with Crippen molar-refractivity contribution >= 4 is 11.9 Å². The Bertz CT molecular complexity index is 673. The number of ether oxygens (including phenoxy) is 1. The van der Waals surface area contributed by atoms with Crippen LogP contribution >= 0.6 is 0 Å². The highest BCUT2D eigenvalue weighted by molar-refractivity contribution is 5.80. The van der Waals surface area contributed by atoms with Gasteiger partial charge in [0.2, 0.25) is 11.8 Å². The Kier molecular flexibility index (Phi) is 8.50. The number of hydrogen-bond donors (Lipinski definition) is 3. The fourth-order valence-electron chi connectivity index (χ4n) is 2.86. The summed E-state index contributed by atoms with van der Waals surface area (Å²) < 4.78 is 42.9. The molecule has 0 saturated carbocycles. The molecule has 2 heterocycles. The maximum atomic E-state index is 12.5. The molecule has 0 unspecified atom stereocenters. The first kappa shape index (κ1) is 22.7. The van der Waals surface area contributed by atoms with Gasteiger partial charge in [-0.05, 0) is 18.9 Å². The normalized spacial score (nSPS) is 16.4. The Labute approximate surface area is 167 Å². The number of piperidine rings is 1. The number of likely N-dealkylation sites (tertiary alicyclic amines) is 1. The van der Waals surface area contributed by atoms with Gasteiger partial charge in [-0.1, -0.05) is 0 Å². The van der Waals surface area contributed by atoms with E-state index in [1.54, 1.807) is 14.1 Å². The fourth-order valence-corrected chi connectivity index (χ4v) is 2.86. The van der Waals surface area contributed by atoms with E-state index in [0.717, 1.165) is 38.2 Å². The first-order chi connectivity index (χ1) is 13.8. The van der Waals surface area contributed by atoms with E-state index in [0.29, 0.717) is 19.0 Å². The molecule has 0 atom stereocenters. The molecule has 1 fully saturated rings. The summed E-state index contributed by atoms with van der Waals surface area (Å²) in [6, 6.07) is 2.38. The molecule has 29 heavy (non-hydrogen) atoms. The number of halogens is 3. The van der Waals surface area contributed by atoms with Gasteiger partial charge in [-0.15, -0.1) is 0 Å². The maximum Gasteiger partial charge on any atom is 0.417 e. The molecule has 1 saturated heterocycles. The Morgan fingerprint density at radius 1 is 1.34 bits per heavy atom. The van der Waals surface area contributed by atoms with E-state index in [-0.39, 0.29) is 24.4 Å². The van der Waals surface area contributed by atoms with Gasteiger partial charge in [0.05, 0.1) is 18.7 Å². The number of alkyl halides is 3. The molecular weight excluding hydrogens is 389 g/mol. The molecule has 1 aliphatic rings. The summed E-state index contributed by atoms with van der Waals surface area (Å²) in [6.45, 7) is 2.70. The number of nitrogens with one attached hydrogen (secondary N) is 3. The highest BCUT2D eigenvalue weighted by atomic mass is 19.4. The number of aliphatic imine (C=N–C) groups is 1. The number of hydrogen-bond acceptors (Lipinski definition) is 5. The van der Waals surface area contributed by atoms with E-state index in [4.69, 9.17) is 4.74 Å². The Morgan fingerprint density at radius 3 is 2.62 bits per heavy atom. The lowest BCUT2D eigenvalue weighted by Gasteiger charge is -2.32. The second-order valence-corrected chi connectivity index (χ2v) is 6.60. The smallest absolute Gasteiger partial charge is 0.417 e. The molecule has 1 aromatic rings. The Morgan fingerprint density at radius 2 is 2.07 bits per heavy atom. The van der Waals surface area contributed by atoms with Crippen LogP contribution in [0.4, 0.5) is 13.2 Å². The second-order valence-electron chi connectivity index (χ2n) is 6.60. The van der Waals surface area contributed by atoms with Crippen molar-refractivity contribution < 1.29 is 22.7 Å². The lowest BCUT2D eigenvalue weighted by molar-refractivity contribution is -0.137. The van der Waals surface area contributed by atoms with E-state index in [1.807, 2.05) is 0 Å². The topological polar surface area (TPSA) is 90.9 Å². The first-order valence-electron chi connectivity index (χ1n) is 9.38. The zero-order valence-corrected chi connectivity index (χ0v) is 16.6. The molecule has 0 aromatic carbocycles. The average molecular weight is 416 g/mol. The molecule has 0 bridgehead atoms. The summed E-state index contributed by atoms with van der Waals surface area (Å²) in [5.74, 6) is 0.765. The van der Waals surface area contributed by atoms with E-state index in [9.17, 15) is 18.0 Å². The summed E-state index contributed by atoms with van der Waals surface area (Å²) in [7, 11) is 3.29. The van der Waals surface area contributed by atoms with Crippen LogP contribution in [0.3, 0.4) is 0 Å². The fraction of sp³-hybridized carbons (Fsp3) is 0.611. The molecule has 8 nitrogen and oxygen atoms in total. The van der Waals surface area contributed by atoms with Crippen molar-refractivity contribution in [3.8, 4) is 5.88 Å². The highest BCUT2D eigenvalue weighted by Crippen LogP contribution is 2.29. The Hall–Kier alpha value is -2.56. The highest BCUT2D eigenvalue weighted by Gasteiger charge is 2.30. The van der Waals surface area contributed by atoms with Crippen molar-refractivity contribution in [2.75, 3.05) is 46.9 Å². The number of aromatic nitrogens is 1. The van der Waals surface area contributed by atoms with Crippen molar-refractivity contribution in [3.63, 3.8) is 0 Å². The quantitative estimate of drug-likeness (QED) is 0.347. The van der Waals surface area contributed by atoms with Crippen molar-refractivity contribution in [1.29, 1.82) is 0 Å². The van der Waals surface area contributed by atoms with Crippen LogP contribution in [-0.4, -0.2) is 74.7 Å². The van der Waals surface area contributed by atoms with Crippen LogP contribution in [0.1, 0.15) is 18.4 Å². The SMILES string of the molecule is CN=C(NCCOc1ccc(C(F)(F)F)cn1)NC1CCN(CC(=O)NC)CC1. The van der Waals surface area contributed by atoms with Crippen molar-refractivity contribution in [1.82, 2.24) is 25.8 Å². The average Bonchev–Trinajstić information content (AvgIpc) is 2.71. The van der Waals surface area contributed by atoms with E-state index < -0.39 is 11.7 Å². The van der Waals surface area contributed by atoms with Crippen LogP contribution in [0.2, 0.25) is 0 Å². The monoisotopic (exact) mass is 416 g/mol. The van der Waals surface area contributed by atoms with Gasteiger partial charge >= 0.3 is 6.18 Å². The zero-order chi connectivity index (χ0) is 21.3. The van der Waals surface area contributed by atoms with Gasteiger partial charge in [0, 0.05) is 45.5 Å². The molecule has 0 spiro atoms. The van der Waals surface area contributed by atoms with Gasteiger partial charge in [0.25, 0.3) is 0 Å². The van der Waals surface area contributed by atoms with Crippen LogP contribution in [0.25, 0.3) is 0 Å². The largest absolute Gasteiger partial charge is 0.476 e. The van der Waals surface area contributed by atoms with Gasteiger partial charge in [-0.2, -0.15) is 13.2 Å². The number of rotatable bonds is 7. The third-order valence-corrected chi connectivity index (χ3v) is 4.51. The zero-order valence-electron chi connectivity index (χ0n) is 16.6. The van der Waals surface area contributed by atoms with Crippen molar-refractivity contribution in [2.24, 2.45) is 4.99 Å². The summed E-state index contributed by atoms with van der Waals surface area (Å²) in [6.07, 6.45) is -1.88. The minimum absolute atomic E-state index is 0.0106. The summed E-state index contributed by atoms with van der Waals surface area (Å²) >= 11 is 0. The molecule has 1 aliphatic heterocycles. The van der Waals surface area contributed by atoms with E-state index in [1.165, 1.54) is 6.07 Å². The van der Waals surface area contributed by atoms with Gasteiger partial charge in [-0.25, -0.2) is 4.98 Å². The van der Waals surface area contributed by atoms with Crippen LogP contribution < -0.4 is 20.7 Å². The molecule has 1 aromatic heterocycles. The van der Waals surface area contributed by atoms with Gasteiger partial charge in [-0.3, -0.25) is 14.7 Å². The van der Waals surface area contributed by atoms with Crippen molar-refractivity contribution in [3.05, 3.63) is 23.9 Å². The van der Waals surface area contributed by atoms with Crippen LogP contribution in [0.15, 0.2) is 23.3 Å². The minimum Gasteiger partial charge on any atom is -0.476 e. The summed E-state index contributed by atoms with van der Waals surface area (Å²) in [4.78, 5) is 21.4. The third-order valence-electron chi connectivity index (χ3n) is 4.51. The number of likely N-dealkylation sites (N-methyl/N-ethyl adjacent to an activating group) is 1. The number of carbonyl (C=O) groups excluding carboxylic acids is 1. The lowest BCUT2D eigenvalue weighted by atomic mass is 10.1. The summed E-state index contributed by atoms with van der Waals surface area (Å²) in [5.41, 5.74) is -0.811. The molecule has 1 amide bonds. The van der Waals surface area contributed by atoms with Gasteiger partial charge in [0.15, 0.2) is 5.96 Å². The van der Waals surface area contributed by atoms with Gasteiger partial charge in [0.1, 0.15) is 6.61 Å². The molecule has 162 valence electrons.